The first-order chi connectivity index (χ1) is 7.68. The van der Waals surface area contributed by atoms with Gasteiger partial charge in [-0.15, -0.1) is 0 Å². The molecule has 1 aromatic rings. The van der Waals surface area contributed by atoms with Gasteiger partial charge < -0.3 is 0 Å². The van der Waals surface area contributed by atoms with Crippen LogP contribution in [-0.2, 0) is 4.79 Å². The summed E-state index contributed by atoms with van der Waals surface area (Å²) in [6.07, 6.45) is 4.39. The van der Waals surface area contributed by atoms with E-state index in [1.54, 1.807) is 30.4 Å². The molecule has 0 bridgehead atoms. The van der Waals surface area contributed by atoms with Gasteiger partial charge in [0.2, 0.25) is 0 Å². The predicted molar refractivity (Wildman–Crippen MR) is 59.2 cm³/mol. The van der Waals surface area contributed by atoms with Gasteiger partial charge in [0.1, 0.15) is 0 Å². The highest BCUT2D eigenvalue weighted by atomic mass is 16.6. The molecule has 0 saturated heterocycles. The molecule has 1 aromatic carbocycles. The lowest BCUT2D eigenvalue weighted by Gasteiger charge is -2.16. The van der Waals surface area contributed by atoms with Gasteiger partial charge in [-0.3, -0.25) is 14.9 Å². The zero-order valence-electron chi connectivity index (χ0n) is 8.63. The number of allylic oxidation sites excluding steroid dienone is 2. The fourth-order valence-corrected chi connectivity index (χ4v) is 1.99. The van der Waals surface area contributed by atoms with Gasteiger partial charge in [0.25, 0.3) is 5.69 Å². The molecule has 1 aliphatic carbocycles. The Kier molecular flexibility index (Phi) is 2.81. The number of hydrogen-bond donors (Lipinski definition) is 0. The van der Waals surface area contributed by atoms with Gasteiger partial charge in [-0.1, -0.05) is 24.3 Å². The van der Waals surface area contributed by atoms with Gasteiger partial charge in [0.15, 0.2) is 5.78 Å². The minimum atomic E-state index is -0.391. The quantitative estimate of drug-likeness (QED) is 0.565. The second-order valence-corrected chi connectivity index (χ2v) is 3.82. The van der Waals surface area contributed by atoms with Crippen LogP contribution in [0, 0.1) is 10.1 Å². The number of ketones is 1. The summed E-state index contributed by atoms with van der Waals surface area (Å²) in [6, 6.07) is 6.63. The van der Waals surface area contributed by atoms with E-state index in [4.69, 9.17) is 0 Å². The molecule has 1 atom stereocenters. The fourth-order valence-electron chi connectivity index (χ4n) is 1.99. The van der Waals surface area contributed by atoms with E-state index in [9.17, 15) is 14.9 Å². The second kappa shape index (κ2) is 4.26. The zero-order chi connectivity index (χ0) is 11.5. The smallest absolute Gasteiger partial charge is 0.272 e. The molecule has 0 aliphatic heterocycles. The number of benzene rings is 1. The molecule has 0 heterocycles. The molecule has 0 spiro atoms. The molecule has 0 aromatic heterocycles. The van der Waals surface area contributed by atoms with Crippen LogP contribution in [0.2, 0.25) is 0 Å². The number of carbonyl (C=O) groups excluding carboxylic acids is 1. The van der Waals surface area contributed by atoms with Crippen molar-refractivity contribution in [3.05, 3.63) is 52.1 Å². The summed E-state index contributed by atoms with van der Waals surface area (Å²) in [6.45, 7) is 0. The van der Waals surface area contributed by atoms with Crippen molar-refractivity contribution in [2.75, 3.05) is 0 Å². The predicted octanol–water partition coefficient (Wildman–Crippen LogP) is 2.60. The first-order valence-corrected chi connectivity index (χ1v) is 5.11. The fraction of sp³-hybridized carbons (Fsp3) is 0.250. The van der Waals surface area contributed by atoms with Crippen LogP contribution < -0.4 is 0 Å². The van der Waals surface area contributed by atoms with Crippen LogP contribution >= 0.6 is 0 Å². The van der Waals surface area contributed by atoms with Crippen LogP contribution in [0.15, 0.2) is 36.4 Å². The molecule has 0 unspecified atom stereocenters. The Morgan fingerprint density at radius 2 is 2.06 bits per heavy atom. The van der Waals surface area contributed by atoms with Gasteiger partial charge in [-0.05, 0) is 12.5 Å². The maximum Gasteiger partial charge on any atom is 0.272 e. The Bertz CT molecular complexity index is 465. The Labute approximate surface area is 92.7 Å². The highest BCUT2D eigenvalue weighted by Crippen LogP contribution is 2.33. The number of carbonyl (C=O) groups is 1. The minimum Gasteiger partial charge on any atom is -0.295 e. The van der Waals surface area contributed by atoms with Crippen molar-refractivity contribution in [1.29, 1.82) is 0 Å². The number of nitro benzene ring substituents is 1. The lowest BCUT2D eigenvalue weighted by molar-refractivity contribution is -0.385. The zero-order valence-corrected chi connectivity index (χ0v) is 8.63. The third kappa shape index (κ3) is 2.00. The molecule has 0 radical (unpaired) electrons. The lowest BCUT2D eigenvalue weighted by Crippen LogP contribution is -2.10. The monoisotopic (exact) mass is 217 g/mol. The summed E-state index contributed by atoms with van der Waals surface area (Å²) < 4.78 is 0. The van der Waals surface area contributed by atoms with Crippen molar-refractivity contribution in [2.24, 2.45) is 0 Å². The molecule has 82 valence electrons. The summed E-state index contributed by atoms with van der Waals surface area (Å²) in [7, 11) is 0. The average molecular weight is 217 g/mol. The molecular formula is C12H11NO3. The summed E-state index contributed by atoms with van der Waals surface area (Å²) >= 11 is 0. The molecule has 0 amide bonds. The van der Waals surface area contributed by atoms with Crippen LogP contribution in [0.4, 0.5) is 5.69 Å². The summed E-state index contributed by atoms with van der Waals surface area (Å²) in [5, 5.41) is 10.8. The van der Waals surface area contributed by atoms with E-state index in [0.717, 1.165) is 0 Å². The molecule has 4 nitrogen and oxygen atoms in total. The molecule has 2 rings (SSSR count). The molecule has 16 heavy (non-hydrogen) atoms. The van der Waals surface area contributed by atoms with Gasteiger partial charge in [-0.2, -0.15) is 0 Å². The Hall–Kier alpha value is -1.97. The van der Waals surface area contributed by atoms with E-state index >= 15 is 0 Å². The van der Waals surface area contributed by atoms with E-state index in [2.05, 4.69) is 0 Å². The van der Waals surface area contributed by atoms with Gasteiger partial charge >= 0.3 is 0 Å². The summed E-state index contributed by atoms with van der Waals surface area (Å²) in [5.41, 5.74) is 0.765. The standard InChI is InChI=1S/C12H11NO3/c14-10-5-3-4-9(8-10)11-6-1-2-7-12(11)13(15)16/h1-3,5-7,9H,4,8H2/t9-/m1/s1. The van der Waals surface area contributed by atoms with Crippen LogP contribution in [0.3, 0.4) is 0 Å². The van der Waals surface area contributed by atoms with Gasteiger partial charge in [0, 0.05) is 24.0 Å². The number of nitrogens with zero attached hydrogens (tertiary/aromatic N) is 1. The van der Waals surface area contributed by atoms with Crippen molar-refractivity contribution in [2.45, 2.75) is 18.8 Å². The van der Waals surface area contributed by atoms with E-state index in [-0.39, 0.29) is 17.4 Å². The van der Waals surface area contributed by atoms with Gasteiger partial charge in [-0.25, -0.2) is 0 Å². The number of hydrogen-bond acceptors (Lipinski definition) is 3. The molecule has 4 heteroatoms. The molecular weight excluding hydrogens is 206 g/mol. The van der Waals surface area contributed by atoms with Gasteiger partial charge in [0.05, 0.1) is 4.92 Å². The normalized spacial score (nSPS) is 19.8. The van der Waals surface area contributed by atoms with E-state index in [0.29, 0.717) is 18.4 Å². The topological polar surface area (TPSA) is 60.2 Å². The number of para-hydroxylation sites is 1. The summed E-state index contributed by atoms with van der Waals surface area (Å²) in [5.74, 6) is -0.0199. The SMILES string of the molecule is O=C1C=CC[C@@H](c2ccccc2[N+](=O)[O-])C1. The maximum atomic E-state index is 11.3. The van der Waals surface area contributed by atoms with Crippen LogP contribution in [-0.4, -0.2) is 10.7 Å². The molecule has 0 fully saturated rings. The number of rotatable bonds is 2. The average Bonchev–Trinajstić information content (AvgIpc) is 2.29. The first kappa shape index (κ1) is 10.5. The Morgan fingerprint density at radius 1 is 1.31 bits per heavy atom. The van der Waals surface area contributed by atoms with Crippen molar-refractivity contribution in [1.82, 2.24) is 0 Å². The largest absolute Gasteiger partial charge is 0.295 e. The lowest BCUT2D eigenvalue weighted by atomic mass is 9.86. The molecule has 0 N–H and O–H groups in total. The summed E-state index contributed by atoms with van der Waals surface area (Å²) in [4.78, 5) is 21.7. The third-order valence-electron chi connectivity index (χ3n) is 2.75. The van der Waals surface area contributed by atoms with Crippen LogP contribution in [0.5, 0.6) is 0 Å². The Balaban J connectivity index is 2.36. The van der Waals surface area contributed by atoms with Crippen molar-refractivity contribution < 1.29 is 9.72 Å². The van der Waals surface area contributed by atoms with Crippen molar-refractivity contribution >= 4 is 11.5 Å². The molecule has 1 aliphatic rings. The van der Waals surface area contributed by atoms with E-state index in [1.807, 2.05) is 0 Å². The van der Waals surface area contributed by atoms with Crippen molar-refractivity contribution in [3.63, 3.8) is 0 Å². The second-order valence-electron chi connectivity index (χ2n) is 3.82. The third-order valence-corrected chi connectivity index (χ3v) is 2.75. The van der Waals surface area contributed by atoms with E-state index < -0.39 is 4.92 Å². The van der Waals surface area contributed by atoms with Crippen LogP contribution in [0.25, 0.3) is 0 Å². The van der Waals surface area contributed by atoms with Crippen LogP contribution in [0.1, 0.15) is 24.3 Å². The highest BCUT2D eigenvalue weighted by Gasteiger charge is 2.24. The van der Waals surface area contributed by atoms with Crippen molar-refractivity contribution in [3.8, 4) is 0 Å². The highest BCUT2D eigenvalue weighted by molar-refractivity contribution is 5.91. The first-order valence-electron chi connectivity index (χ1n) is 5.11. The van der Waals surface area contributed by atoms with E-state index in [1.165, 1.54) is 6.07 Å². The number of nitro groups is 1. The minimum absolute atomic E-state index is 0.0365. The molecule has 0 saturated carbocycles. The maximum absolute atomic E-state index is 11.3. The Morgan fingerprint density at radius 3 is 2.75 bits per heavy atom.